The van der Waals surface area contributed by atoms with E-state index in [1.54, 1.807) is 12.1 Å². The number of nitrogens with zero attached hydrogens (tertiary/aromatic N) is 5. The number of non-ortho nitro benzene ring substituents is 2. The molecule has 0 unspecified atom stereocenters. The Bertz CT molecular complexity index is 1230. The van der Waals surface area contributed by atoms with Gasteiger partial charge in [-0.25, -0.2) is 0 Å². The molecule has 0 bridgehead atoms. The maximum Gasteiger partial charge on any atom is 0.301 e. The number of hydrogen-bond donors (Lipinski definition) is 1. The fourth-order valence-electron chi connectivity index (χ4n) is 3.11. The van der Waals surface area contributed by atoms with Crippen molar-refractivity contribution >= 4 is 29.0 Å². The number of rotatable bonds is 7. The summed E-state index contributed by atoms with van der Waals surface area (Å²) in [4.78, 5) is 31.2. The summed E-state index contributed by atoms with van der Waals surface area (Å²) in [5.74, 6) is 0. The minimum Gasteiger partial charge on any atom is -0.318 e. The lowest BCUT2D eigenvalue weighted by atomic mass is 10.2. The fraction of sp³-hybridized carbons (Fsp3) is 0.105. The molecule has 2 aromatic carbocycles. The first-order valence-electron chi connectivity index (χ1n) is 8.84. The quantitative estimate of drug-likeness (QED) is 0.337. The van der Waals surface area contributed by atoms with Crippen molar-refractivity contribution in [2.45, 2.75) is 13.8 Å². The molecule has 0 spiro atoms. The van der Waals surface area contributed by atoms with Crippen LogP contribution in [0, 0.1) is 44.2 Å². The summed E-state index contributed by atoms with van der Waals surface area (Å²) in [6, 6.07) is 11.2. The van der Waals surface area contributed by atoms with Crippen LogP contribution >= 0.6 is 0 Å². The zero-order valence-electron chi connectivity index (χ0n) is 16.4. The SMILES string of the molecule is Cc1cc(/C=N\Nc2ccc([N+](=O)[O-])cc2[N+](=O)[O-])c(C)n1-c1cccc([N+](=O)[O-])c1. The van der Waals surface area contributed by atoms with E-state index in [1.165, 1.54) is 24.4 Å². The molecule has 158 valence electrons. The molecule has 31 heavy (non-hydrogen) atoms. The minimum absolute atomic E-state index is 0.000609. The van der Waals surface area contributed by atoms with E-state index in [2.05, 4.69) is 10.5 Å². The molecule has 3 aromatic rings. The van der Waals surface area contributed by atoms with Gasteiger partial charge in [-0.15, -0.1) is 0 Å². The van der Waals surface area contributed by atoms with Crippen LogP contribution in [-0.2, 0) is 0 Å². The van der Waals surface area contributed by atoms with Crippen LogP contribution in [0.3, 0.4) is 0 Å². The summed E-state index contributed by atoms with van der Waals surface area (Å²) in [5.41, 5.74) is 4.47. The van der Waals surface area contributed by atoms with Gasteiger partial charge in [0.05, 0.1) is 32.7 Å². The lowest BCUT2D eigenvalue weighted by Gasteiger charge is -2.09. The van der Waals surface area contributed by atoms with Crippen molar-refractivity contribution < 1.29 is 14.8 Å². The number of nitrogens with one attached hydrogen (secondary N) is 1. The summed E-state index contributed by atoms with van der Waals surface area (Å²) < 4.78 is 1.82. The molecule has 0 fully saturated rings. The third-order valence-corrected chi connectivity index (χ3v) is 4.55. The average molecular weight is 424 g/mol. The summed E-state index contributed by atoms with van der Waals surface area (Å²) in [6.07, 6.45) is 1.45. The van der Waals surface area contributed by atoms with E-state index in [9.17, 15) is 30.3 Å². The normalized spacial score (nSPS) is 10.9. The molecule has 12 heteroatoms. The lowest BCUT2D eigenvalue weighted by molar-refractivity contribution is -0.393. The van der Waals surface area contributed by atoms with Gasteiger partial charge in [0.25, 0.3) is 11.4 Å². The van der Waals surface area contributed by atoms with Crippen LogP contribution in [0.25, 0.3) is 5.69 Å². The van der Waals surface area contributed by atoms with Gasteiger partial charge in [0, 0.05) is 35.2 Å². The van der Waals surface area contributed by atoms with Crippen molar-refractivity contribution in [1.29, 1.82) is 0 Å². The Morgan fingerprint density at radius 1 is 0.903 bits per heavy atom. The number of benzene rings is 2. The monoisotopic (exact) mass is 424 g/mol. The van der Waals surface area contributed by atoms with Gasteiger partial charge in [-0.05, 0) is 32.0 Å². The third kappa shape index (κ3) is 4.37. The highest BCUT2D eigenvalue weighted by Gasteiger charge is 2.19. The minimum atomic E-state index is -0.737. The predicted molar refractivity (Wildman–Crippen MR) is 113 cm³/mol. The van der Waals surface area contributed by atoms with Gasteiger partial charge < -0.3 is 4.57 Å². The fourth-order valence-corrected chi connectivity index (χ4v) is 3.11. The van der Waals surface area contributed by atoms with Crippen LogP contribution in [0.4, 0.5) is 22.7 Å². The molecule has 12 nitrogen and oxygen atoms in total. The standard InChI is InChI=1S/C19H16N6O6/c1-12-8-14(13(2)22(12)15-4-3-5-16(9-15)23(26)27)11-20-21-18-7-6-17(24(28)29)10-19(18)25(30)31/h3-11,21H,1-2H3/b20-11-. The van der Waals surface area contributed by atoms with E-state index in [-0.39, 0.29) is 11.4 Å². The Kier molecular flexibility index (Phi) is 5.72. The van der Waals surface area contributed by atoms with E-state index < -0.39 is 26.1 Å². The van der Waals surface area contributed by atoms with Gasteiger partial charge in [0.1, 0.15) is 5.69 Å². The summed E-state index contributed by atoms with van der Waals surface area (Å²) >= 11 is 0. The summed E-state index contributed by atoms with van der Waals surface area (Å²) in [5, 5.41) is 37.1. The maximum absolute atomic E-state index is 11.2. The highest BCUT2D eigenvalue weighted by atomic mass is 16.6. The number of aryl methyl sites for hydroxylation is 1. The number of hydrazone groups is 1. The molecule has 0 aliphatic rings. The molecule has 3 rings (SSSR count). The van der Waals surface area contributed by atoms with Crippen molar-refractivity contribution in [2.75, 3.05) is 5.43 Å². The smallest absolute Gasteiger partial charge is 0.301 e. The molecule has 1 heterocycles. The molecule has 0 amide bonds. The summed E-state index contributed by atoms with van der Waals surface area (Å²) in [7, 11) is 0. The third-order valence-electron chi connectivity index (χ3n) is 4.55. The van der Waals surface area contributed by atoms with Crippen molar-refractivity contribution in [3.8, 4) is 5.69 Å². The second kappa shape index (κ2) is 8.41. The number of nitro groups is 3. The van der Waals surface area contributed by atoms with Gasteiger partial charge in [-0.2, -0.15) is 5.10 Å². The largest absolute Gasteiger partial charge is 0.318 e. The zero-order chi connectivity index (χ0) is 22.7. The number of hydrogen-bond acceptors (Lipinski definition) is 8. The summed E-state index contributed by atoms with van der Waals surface area (Å²) in [6.45, 7) is 3.64. The molecule has 0 atom stereocenters. The first-order chi connectivity index (χ1) is 14.7. The average Bonchev–Trinajstić information content (AvgIpc) is 3.01. The van der Waals surface area contributed by atoms with Gasteiger partial charge in [-0.1, -0.05) is 6.07 Å². The van der Waals surface area contributed by atoms with Gasteiger partial charge >= 0.3 is 5.69 Å². The topological polar surface area (TPSA) is 159 Å². The first-order valence-corrected chi connectivity index (χ1v) is 8.84. The van der Waals surface area contributed by atoms with Crippen molar-refractivity contribution in [2.24, 2.45) is 5.10 Å². The Morgan fingerprint density at radius 2 is 1.58 bits per heavy atom. The number of anilines is 1. The second-order valence-corrected chi connectivity index (χ2v) is 6.52. The first kappa shape index (κ1) is 21.1. The zero-order valence-corrected chi connectivity index (χ0v) is 16.4. The highest BCUT2D eigenvalue weighted by molar-refractivity contribution is 5.83. The molecule has 0 saturated carbocycles. The molecule has 0 radical (unpaired) electrons. The van der Waals surface area contributed by atoms with E-state index in [1.807, 2.05) is 24.5 Å². The molecule has 1 aromatic heterocycles. The van der Waals surface area contributed by atoms with Crippen LogP contribution in [0.2, 0.25) is 0 Å². The van der Waals surface area contributed by atoms with Gasteiger partial charge in [0.15, 0.2) is 0 Å². The number of aromatic nitrogens is 1. The number of nitro benzene ring substituents is 3. The van der Waals surface area contributed by atoms with E-state index in [0.29, 0.717) is 11.3 Å². The van der Waals surface area contributed by atoms with Crippen LogP contribution in [0.5, 0.6) is 0 Å². The van der Waals surface area contributed by atoms with E-state index >= 15 is 0 Å². The van der Waals surface area contributed by atoms with E-state index in [0.717, 1.165) is 23.5 Å². The van der Waals surface area contributed by atoms with Crippen LogP contribution < -0.4 is 5.43 Å². The van der Waals surface area contributed by atoms with Crippen molar-refractivity contribution in [3.63, 3.8) is 0 Å². The Labute approximate surface area is 174 Å². The van der Waals surface area contributed by atoms with Crippen molar-refractivity contribution in [1.82, 2.24) is 4.57 Å². The Morgan fingerprint density at radius 3 is 2.23 bits per heavy atom. The lowest BCUT2D eigenvalue weighted by Crippen LogP contribution is -2.01. The highest BCUT2D eigenvalue weighted by Crippen LogP contribution is 2.29. The molecule has 1 N–H and O–H groups in total. The predicted octanol–water partition coefficient (Wildman–Crippen LogP) is 4.26. The molecular weight excluding hydrogens is 408 g/mol. The van der Waals surface area contributed by atoms with Crippen molar-refractivity contribution in [3.05, 3.63) is 95.8 Å². The molecule has 0 aliphatic carbocycles. The molecule has 0 aliphatic heterocycles. The van der Waals surface area contributed by atoms with Crippen LogP contribution in [-0.4, -0.2) is 25.6 Å². The van der Waals surface area contributed by atoms with Gasteiger partial charge in [-0.3, -0.25) is 35.8 Å². The maximum atomic E-state index is 11.2. The van der Waals surface area contributed by atoms with Crippen LogP contribution in [0.1, 0.15) is 17.0 Å². The Hall–Kier alpha value is -4.61. The van der Waals surface area contributed by atoms with E-state index in [4.69, 9.17) is 0 Å². The second-order valence-electron chi connectivity index (χ2n) is 6.52. The molecule has 0 saturated heterocycles. The Balaban J connectivity index is 1.89. The van der Waals surface area contributed by atoms with Gasteiger partial charge in [0.2, 0.25) is 0 Å². The van der Waals surface area contributed by atoms with Crippen LogP contribution in [0.15, 0.2) is 53.6 Å². The molecular formula is C19H16N6O6.